The monoisotopic (exact) mass is 375 g/mol. The number of Topliss-reactive ketones (excluding diaryl/α,β-unsaturated/α-hetero) is 1. The van der Waals surface area contributed by atoms with E-state index >= 15 is 0 Å². The maximum atomic E-state index is 13.0. The number of carbonyl (C=O) groups excluding carboxylic acids is 4. The number of aromatic amines is 1. The molecular formula is C19H25N3O5. The molecule has 8 nitrogen and oxygen atoms in total. The molecule has 0 aromatic carbocycles. The number of urea groups is 1. The van der Waals surface area contributed by atoms with E-state index in [4.69, 9.17) is 4.74 Å². The number of nitrogens with one attached hydrogen (secondary N) is 2. The van der Waals surface area contributed by atoms with E-state index in [0.29, 0.717) is 29.7 Å². The summed E-state index contributed by atoms with van der Waals surface area (Å²) in [5.41, 5.74) is 0.605. The third-order valence-electron chi connectivity index (χ3n) is 5.74. The van der Waals surface area contributed by atoms with E-state index in [9.17, 15) is 19.2 Å². The highest BCUT2D eigenvalue weighted by molar-refractivity contribution is 6.13. The van der Waals surface area contributed by atoms with Crippen molar-refractivity contribution in [2.75, 3.05) is 7.11 Å². The van der Waals surface area contributed by atoms with Crippen LogP contribution in [0, 0.1) is 13.8 Å². The normalized spacial score (nSPS) is 19.9. The van der Waals surface area contributed by atoms with Crippen molar-refractivity contribution in [3.05, 3.63) is 22.5 Å². The Morgan fingerprint density at radius 2 is 1.78 bits per heavy atom. The quantitative estimate of drug-likeness (QED) is 0.477. The van der Waals surface area contributed by atoms with E-state index in [1.165, 1.54) is 14.0 Å². The van der Waals surface area contributed by atoms with Gasteiger partial charge in [-0.05, 0) is 39.2 Å². The number of aromatic nitrogens is 1. The number of rotatable bonds is 4. The van der Waals surface area contributed by atoms with Gasteiger partial charge in [-0.3, -0.25) is 14.5 Å². The summed E-state index contributed by atoms with van der Waals surface area (Å²) in [6.45, 7) is 4.85. The van der Waals surface area contributed by atoms with E-state index in [-0.39, 0.29) is 11.6 Å². The van der Waals surface area contributed by atoms with Gasteiger partial charge in [0.15, 0.2) is 0 Å². The minimum atomic E-state index is -0.971. The van der Waals surface area contributed by atoms with Crippen molar-refractivity contribution in [2.24, 2.45) is 0 Å². The van der Waals surface area contributed by atoms with Crippen molar-refractivity contribution >= 4 is 23.7 Å². The fraction of sp³-hybridized carbons (Fsp3) is 0.579. The standard InChI is InChI=1S/C19H25N3O5/c1-10-13(16(24)27-4)11(2)20-14(10)15(23)12(3)22-17(25)19(21-18(22)26)8-6-5-7-9-19/h12,20H,5-9H2,1-4H3,(H,21,26). The minimum Gasteiger partial charge on any atom is -0.465 e. The molecule has 1 aromatic heterocycles. The molecule has 1 aliphatic carbocycles. The Kier molecular flexibility index (Phi) is 4.84. The Bertz CT molecular complexity index is 820. The van der Waals surface area contributed by atoms with Crippen LogP contribution >= 0.6 is 0 Å². The average Bonchev–Trinajstić information content (AvgIpc) is 3.07. The summed E-state index contributed by atoms with van der Waals surface area (Å²) in [7, 11) is 1.27. The number of ether oxygens (including phenoxy) is 1. The summed E-state index contributed by atoms with van der Waals surface area (Å²) < 4.78 is 4.76. The van der Waals surface area contributed by atoms with Crippen LogP contribution in [0.15, 0.2) is 0 Å². The van der Waals surface area contributed by atoms with Gasteiger partial charge in [-0.2, -0.15) is 0 Å². The van der Waals surface area contributed by atoms with Crippen LogP contribution in [-0.2, 0) is 9.53 Å². The molecule has 146 valence electrons. The average molecular weight is 375 g/mol. The van der Waals surface area contributed by atoms with Crippen LogP contribution in [0.2, 0.25) is 0 Å². The fourth-order valence-electron chi connectivity index (χ4n) is 4.22. The fourth-order valence-corrected chi connectivity index (χ4v) is 4.22. The zero-order chi connectivity index (χ0) is 19.9. The maximum absolute atomic E-state index is 13.0. The number of H-pyrrole nitrogens is 1. The molecule has 0 bridgehead atoms. The SMILES string of the molecule is COC(=O)c1c(C)[nH]c(C(=O)C(C)N2C(=O)NC3(CCCCC3)C2=O)c1C. The van der Waals surface area contributed by atoms with Gasteiger partial charge in [-0.15, -0.1) is 0 Å². The summed E-state index contributed by atoms with van der Waals surface area (Å²) in [6, 6.07) is -1.50. The third-order valence-corrected chi connectivity index (χ3v) is 5.74. The molecule has 3 amide bonds. The molecule has 2 fully saturated rings. The summed E-state index contributed by atoms with van der Waals surface area (Å²) in [5.74, 6) is -1.28. The van der Waals surface area contributed by atoms with Crippen molar-refractivity contribution in [2.45, 2.75) is 64.5 Å². The van der Waals surface area contributed by atoms with Gasteiger partial charge in [0, 0.05) is 5.69 Å². The Morgan fingerprint density at radius 1 is 1.15 bits per heavy atom. The van der Waals surface area contributed by atoms with Gasteiger partial charge in [0.25, 0.3) is 5.91 Å². The molecule has 1 atom stereocenters. The maximum Gasteiger partial charge on any atom is 0.339 e. The number of hydrogen-bond acceptors (Lipinski definition) is 5. The number of ketones is 1. The first-order chi connectivity index (χ1) is 12.7. The van der Waals surface area contributed by atoms with Gasteiger partial charge in [0.1, 0.15) is 11.6 Å². The Hall–Kier alpha value is -2.64. The molecule has 2 N–H and O–H groups in total. The number of carbonyl (C=O) groups is 4. The minimum absolute atomic E-state index is 0.214. The van der Waals surface area contributed by atoms with Crippen LogP contribution in [0.5, 0.6) is 0 Å². The molecule has 1 saturated carbocycles. The molecule has 2 heterocycles. The van der Waals surface area contributed by atoms with Gasteiger partial charge in [0.05, 0.1) is 18.4 Å². The van der Waals surface area contributed by atoms with E-state index in [0.717, 1.165) is 24.2 Å². The molecule has 3 rings (SSSR count). The number of amides is 3. The highest BCUT2D eigenvalue weighted by Gasteiger charge is 2.53. The van der Waals surface area contributed by atoms with E-state index < -0.39 is 29.4 Å². The van der Waals surface area contributed by atoms with E-state index in [1.54, 1.807) is 13.8 Å². The van der Waals surface area contributed by atoms with Gasteiger partial charge in [-0.25, -0.2) is 9.59 Å². The van der Waals surface area contributed by atoms with Gasteiger partial charge >= 0.3 is 12.0 Å². The van der Waals surface area contributed by atoms with Crippen molar-refractivity contribution in [1.29, 1.82) is 0 Å². The number of imide groups is 1. The van der Waals surface area contributed by atoms with Crippen molar-refractivity contribution < 1.29 is 23.9 Å². The topological polar surface area (TPSA) is 109 Å². The number of methoxy groups -OCH3 is 1. The van der Waals surface area contributed by atoms with Crippen LogP contribution in [0.3, 0.4) is 0 Å². The zero-order valence-electron chi connectivity index (χ0n) is 16.1. The second-order valence-electron chi connectivity index (χ2n) is 7.40. The summed E-state index contributed by atoms with van der Waals surface area (Å²) in [5, 5.41) is 2.82. The predicted molar refractivity (Wildman–Crippen MR) is 96.6 cm³/mol. The Balaban J connectivity index is 1.89. The largest absolute Gasteiger partial charge is 0.465 e. The summed E-state index contributed by atoms with van der Waals surface area (Å²) in [4.78, 5) is 54.4. The number of nitrogens with zero attached hydrogens (tertiary/aromatic N) is 1. The van der Waals surface area contributed by atoms with Crippen molar-refractivity contribution in [3.8, 4) is 0 Å². The van der Waals surface area contributed by atoms with Gasteiger partial charge in [0.2, 0.25) is 5.78 Å². The number of hydrogen-bond donors (Lipinski definition) is 2. The predicted octanol–water partition coefficient (Wildman–Crippen LogP) is 2.24. The van der Waals surface area contributed by atoms with Crippen molar-refractivity contribution in [3.63, 3.8) is 0 Å². The summed E-state index contributed by atoms with van der Waals surface area (Å²) in [6.07, 6.45) is 3.99. The molecule has 1 saturated heterocycles. The number of aryl methyl sites for hydroxylation is 1. The highest BCUT2D eigenvalue weighted by atomic mass is 16.5. The van der Waals surface area contributed by atoms with Gasteiger partial charge in [-0.1, -0.05) is 19.3 Å². The van der Waals surface area contributed by atoms with Gasteiger partial charge < -0.3 is 15.0 Å². The molecule has 8 heteroatoms. The van der Waals surface area contributed by atoms with Crippen LogP contribution in [0.4, 0.5) is 4.79 Å². The highest BCUT2D eigenvalue weighted by Crippen LogP contribution is 2.35. The molecule has 27 heavy (non-hydrogen) atoms. The smallest absolute Gasteiger partial charge is 0.339 e. The first-order valence-corrected chi connectivity index (χ1v) is 9.21. The van der Waals surface area contributed by atoms with E-state index in [1.807, 2.05) is 0 Å². The van der Waals surface area contributed by atoms with Crippen LogP contribution in [0.25, 0.3) is 0 Å². The molecule has 1 spiro atoms. The first kappa shape index (κ1) is 19.1. The number of esters is 1. The summed E-state index contributed by atoms with van der Waals surface area (Å²) >= 11 is 0. The zero-order valence-corrected chi connectivity index (χ0v) is 16.1. The first-order valence-electron chi connectivity index (χ1n) is 9.21. The molecule has 0 radical (unpaired) electrons. The van der Waals surface area contributed by atoms with Crippen LogP contribution in [0.1, 0.15) is 71.1 Å². The van der Waals surface area contributed by atoms with Crippen LogP contribution < -0.4 is 5.32 Å². The lowest BCUT2D eigenvalue weighted by molar-refractivity contribution is -0.133. The lowest BCUT2D eigenvalue weighted by Gasteiger charge is -2.31. The van der Waals surface area contributed by atoms with Crippen LogP contribution in [-0.4, -0.2) is 52.3 Å². The molecule has 1 aromatic rings. The second-order valence-corrected chi connectivity index (χ2v) is 7.40. The Morgan fingerprint density at radius 3 is 2.37 bits per heavy atom. The Labute approximate surface area is 157 Å². The molecule has 1 unspecified atom stereocenters. The lowest BCUT2D eigenvalue weighted by Crippen LogP contribution is -2.49. The molecule has 2 aliphatic rings. The third kappa shape index (κ3) is 2.93. The second kappa shape index (κ2) is 6.83. The molecular weight excluding hydrogens is 350 g/mol. The van der Waals surface area contributed by atoms with E-state index in [2.05, 4.69) is 10.3 Å². The molecule has 1 aliphatic heterocycles. The van der Waals surface area contributed by atoms with Crippen molar-refractivity contribution in [1.82, 2.24) is 15.2 Å². The lowest BCUT2D eigenvalue weighted by atomic mass is 9.81.